The van der Waals surface area contributed by atoms with Crippen LogP contribution in [0.3, 0.4) is 0 Å². The van der Waals surface area contributed by atoms with E-state index in [9.17, 15) is 9.90 Å². The van der Waals surface area contributed by atoms with Gasteiger partial charge in [-0.2, -0.15) is 0 Å². The number of H-pyrrole nitrogens is 1. The van der Waals surface area contributed by atoms with Gasteiger partial charge in [0.05, 0.1) is 16.3 Å². The Labute approximate surface area is 152 Å². The lowest BCUT2D eigenvalue weighted by Crippen LogP contribution is -2.55. The first-order valence-electron chi connectivity index (χ1n) is 7.53. The minimum absolute atomic E-state index is 0.00974. The second kappa shape index (κ2) is 6.09. The molecular weight excluding hydrogens is 360 g/mol. The Morgan fingerprint density at radius 2 is 2.08 bits per heavy atom. The fourth-order valence-electron chi connectivity index (χ4n) is 2.90. The van der Waals surface area contributed by atoms with E-state index in [-0.39, 0.29) is 16.3 Å². The smallest absolute Gasteiger partial charge is 0.325 e. The summed E-state index contributed by atoms with van der Waals surface area (Å²) in [5.41, 5.74) is 2.67. The zero-order valence-corrected chi connectivity index (χ0v) is 14.7. The molecule has 6 nitrogen and oxygen atoms in total. The number of aromatic amines is 1. The number of hydrogen-bond acceptors (Lipinski definition) is 5. The summed E-state index contributed by atoms with van der Waals surface area (Å²) in [4.78, 5) is 15.5. The monoisotopic (exact) mass is 373 g/mol. The van der Waals surface area contributed by atoms with Gasteiger partial charge in [-0.1, -0.05) is 35.5 Å². The number of hydrogen-bond donors (Lipinski definition) is 3. The Balaban J connectivity index is 1.98. The molecule has 0 spiro atoms. The molecule has 1 aliphatic rings. The van der Waals surface area contributed by atoms with Crippen molar-refractivity contribution in [2.75, 3.05) is 11.6 Å². The summed E-state index contributed by atoms with van der Waals surface area (Å²) in [6, 6.07) is 12.5. The Morgan fingerprint density at radius 3 is 2.84 bits per heavy atom. The van der Waals surface area contributed by atoms with Gasteiger partial charge in [0.15, 0.2) is 0 Å². The SMILES string of the molecule is CSc1n[n+]2c(c(=O)[nH]1)-c1ccccc1N[C@@H]2c1ccc(O)c(Cl)c1. The van der Waals surface area contributed by atoms with Crippen LogP contribution in [0.1, 0.15) is 11.7 Å². The molecule has 0 unspecified atom stereocenters. The van der Waals surface area contributed by atoms with Gasteiger partial charge in [0, 0.05) is 10.7 Å². The van der Waals surface area contributed by atoms with Crippen LogP contribution < -0.4 is 15.6 Å². The van der Waals surface area contributed by atoms with Crippen molar-refractivity contribution in [3.05, 3.63) is 63.4 Å². The molecule has 1 atom stereocenters. The van der Waals surface area contributed by atoms with E-state index in [1.807, 2.05) is 30.5 Å². The van der Waals surface area contributed by atoms with Crippen LogP contribution in [-0.4, -0.2) is 21.4 Å². The van der Waals surface area contributed by atoms with Crippen LogP contribution in [0, 0.1) is 0 Å². The van der Waals surface area contributed by atoms with Gasteiger partial charge in [-0.25, -0.2) is 0 Å². The van der Waals surface area contributed by atoms with Crippen LogP contribution in [0.2, 0.25) is 5.02 Å². The van der Waals surface area contributed by atoms with Crippen LogP contribution >= 0.6 is 23.4 Å². The number of nitrogens with one attached hydrogen (secondary N) is 2. The molecule has 25 heavy (non-hydrogen) atoms. The van der Waals surface area contributed by atoms with Gasteiger partial charge in [0.2, 0.25) is 5.16 Å². The first-order chi connectivity index (χ1) is 12.1. The average molecular weight is 374 g/mol. The number of benzene rings is 2. The van der Waals surface area contributed by atoms with Crippen LogP contribution in [-0.2, 0) is 0 Å². The summed E-state index contributed by atoms with van der Waals surface area (Å²) >= 11 is 7.43. The van der Waals surface area contributed by atoms with E-state index in [1.54, 1.807) is 16.8 Å². The van der Waals surface area contributed by atoms with Crippen molar-refractivity contribution in [3.8, 4) is 17.0 Å². The highest BCUT2D eigenvalue weighted by atomic mass is 35.5. The molecular formula is C17H14ClN4O2S+. The highest BCUT2D eigenvalue weighted by Crippen LogP contribution is 2.33. The van der Waals surface area contributed by atoms with Crippen LogP contribution in [0.25, 0.3) is 11.3 Å². The van der Waals surface area contributed by atoms with E-state index in [2.05, 4.69) is 15.4 Å². The summed E-state index contributed by atoms with van der Waals surface area (Å²) in [6.07, 6.45) is 1.43. The lowest BCUT2D eigenvalue weighted by Gasteiger charge is -2.22. The molecule has 0 saturated carbocycles. The Hall–Kier alpha value is -2.51. The predicted molar refractivity (Wildman–Crippen MR) is 97.1 cm³/mol. The molecule has 1 aliphatic heterocycles. The van der Waals surface area contributed by atoms with Crippen molar-refractivity contribution in [2.45, 2.75) is 11.3 Å². The molecule has 0 saturated heterocycles. The number of aromatic hydroxyl groups is 1. The second-order valence-corrected chi connectivity index (χ2v) is 6.76. The number of anilines is 1. The minimum atomic E-state index is -0.420. The average Bonchev–Trinajstić information content (AvgIpc) is 2.63. The molecule has 1 aromatic heterocycles. The Morgan fingerprint density at radius 1 is 1.28 bits per heavy atom. The molecule has 2 aromatic carbocycles. The summed E-state index contributed by atoms with van der Waals surface area (Å²) in [5.74, 6) is 0.00974. The van der Waals surface area contributed by atoms with Gasteiger partial charge in [0.25, 0.3) is 6.17 Å². The van der Waals surface area contributed by atoms with Crippen molar-refractivity contribution in [1.29, 1.82) is 0 Å². The summed E-state index contributed by atoms with van der Waals surface area (Å²) in [6.45, 7) is 0. The third-order valence-electron chi connectivity index (χ3n) is 4.06. The van der Waals surface area contributed by atoms with E-state index >= 15 is 0 Å². The highest BCUT2D eigenvalue weighted by molar-refractivity contribution is 7.98. The normalized spacial score (nSPS) is 15.2. The highest BCUT2D eigenvalue weighted by Gasteiger charge is 2.37. The standard InChI is InChI=1S/C17H13ClN4O2S/c1-25-17-20-16(24)14-10-4-2-3-5-12(10)19-15(22(14)21-17)9-6-7-13(23)11(18)8-9/h2-8,15H,1H3,(H2,20,21,23,24)/p+1/t15-/m0/s1. The number of phenolic OH excluding ortho intramolecular Hbond substituents is 1. The van der Waals surface area contributed by atoms with Gasteiger partial charge in [-0.3, -0.25) is 9.78 Å². The largest absolute Gasteiger partial charge is 0.506 e. The lowest BCUT2D eigenvalue weighted by molar-refractivity contribution is -0.759. The van der Waals surface area contributed by atoms with E-state index in [0.717, 1.165) is 16.8 Å². The minimum Gasteiger partial charge on any atom is -0.506 e. The number of aromatic nitrogens is 3. The van der Waals surface area contributed by atoms with Gasteiger partial charge < -0.3 is 10.4 Å². The summed E-state index contributed by atoms with van der Waals surface area (Å²) in [7, 11) is 0. The van der Waals surface area contributed by atoms with E-state index in [1.165, 1.54) is 17.8 Å². The maximum absolute atomic E-state index is 12.7. The van der Waals surface area contributed by atoms with Crippen molar-refractivity contribution < 1.29 is 9.79 Å². The van der Waals surface area contributed by atoms with Crippen molar-refractivity contribution in [1.82, 2.24) is 10.1 Å². The first kappa shape index (κ1) is 16.0. The number of fused-ring (bicyclic) bond motifs is 3. The Kier molecular flexibility index (Phi) is 3.89. The van der Waals surface area contributed by atoms with E-state index in [0.29, 0.717) is 10.9 Å². The van der Waals surface area contributed by atoms with Crippen LogP contribution in [0.15, 0.2) is 52.4 Å². The number of para-hydroxylation sites is 1. The molecule has 0 bridgehead atoms. The van der Waals surface area contributed by atoms with Gasteiger partial charge in [0.1, 0.15) is 5.75 Å². The molecule has 2 heterocycles. The number of phenols is 1. The molecule has 0 fully saturated rings. The molecule has 4 rings (SSSR count). The number of rotatable bonds is 2. The van der Waals surface area contributed by atoms with Crippen LogP contribution in [0.4, 0.5) is 5.69 Å². The molecule has 0 amide bonds. The van der Waals surface area contributed by atoms with Crippen molar-refractivity contribution in [2.24, 2.45) is 0 Å². The molecule has 0 aliphatic carbocycles. The van der Waals surface area contributed by atoms with E-state index < -0.39 is 6.17 Å². The topological polar surface area (TPSA) is 81.9 Å². The van der Waals surface area contributed by atoms with Gasteiger partial charge in [-0.05, 0) is 41.3 Å². The first-order valence-corrected chi connectivity index (χ1v) is 9.13. The molecule has 8 heteroatoms. The van der Waals surface area contributed by atoms with Crippen LogP contribution in [0.5, 0.6) is 5.75 Å². The predicted octanol–water partition coefficient (Wildman–Crippen LogP) is 2.78. The van der Waals surface area contributed by atoms with Gasteiger partial charge in [-0.15, -0.1) is 0 Å². The number of halogens is 1. The maximum Gasteiger partial charge on any atom is 0.325 e. The maximum atomic E-state index is 12.7. The molecule has 126 valence electrons. The van der Waals surface area contributed by atoms with Crippen molar-refractivity contribution >= 4 is 29.1 Å². The second-order valence-electron chi connectivity index (χ2n) is 5.56. The third-order valence-corrected chi connectivity index (χ3v) is 4.94. The van der Waals surface area contributed by atoms with Crippen molar-refractivity contribution in [3.63, 3.8) is 0 Å². The zero-order valence-electron chi connectivity index (χ0n) is 13.2. The summed E-state index contributed by atoms with van der Waals surface area (Å²) in [5, 5.41) is 18.4. The van der Waals surface area contributed by atoms with E-state index in [4.69, 9.17) is 11.6 Å². The third kappa shape index (κ3) is 2.65. The summed E-state index contributed by atoms with van der Waals surface area (Å²) < 4.78 is 1.66. The number of nitrogens with zero attached hydrogens (tertiary/aromatic N) is 2. The quantitative estimate of drug-likeness (QED) is 0.475. The molecule has 0 radical (unpaired) electrons. The fraction of sp³-hybridized carbons (Fsp3) is 0.118. The number of thioether (sulfide) groups is 1. The zero-order chi connectivity index (χ0) is 17.6. The Bertz CT molecular complexity index is 1040. The molecule has 3 N–H and O–H groups in total. The van der Waals surface area contributed by atoms with Gasteiger partial charge >= 0.3 is 11.3 Å². The fourth-order valence-corrected chi connectivity index (χ4v) is 3.45. The lowest BCUT2D eigenvalue weighted by atomic mass is 10.0. The molecule has 3 aromatic rings.